The van der Waals surface area contributed by atoms with Gasteiger partial charge in [-0.25, -0.2) is 9.59 Å². The van der Waals surface area contributed by atoms with Crippen LogP contribution in [-0.2, 0) is 9.53 Å². The number of rotatable bonds is 5. The first-order valence-corrected chi connectivity index (χ1v) is 7.19. The first-order valence-electron chi connectivity index (χ1n) is 7.19. The fourth-order valence-corrected chi connectivity index (χ4v) is 2.23. The zero-order chi connectivity index (χ0) is 17.0. The predicted molar refractivity (Wildman–Crippen MR) is 88.2 cm³/mol. The molecule has 2 rings (SSSR count). The number of carboxylic acid groups (broad SMARTS) is 1. The van der Waals surface area contributed by atoms with Crippen molar-refractivity contribution in [1.82, 2.24) is 0 Å². The lowest BCUT2D eigenvalue weighted by Gasteiger charge is -2.17. The van der Waals surface area contributed by atoms with Crippen LogP contribution in [0.25, 0.3) is 11.1 Å². The quantitative estimate of drug-likeness (QED) is 0.663. The molecule has 23 heavy (non-hydrogen) atoms. The molecule has 1 unspecified atom stereocenters. The fourth-order valence-electron chi connectivity index (χ4n) is 2.23. The Morgan fingerprint density at radius 3 is 2.26 bits per heavy atom. The van der Waals surface area contributed by atoms with Crippen LogP contribution in [0, 0.1) is 0 Å². The van der Waals surface area contributed by atoms with Gasteiger partial charge >= 0.3 is 11.9 Å². The van der Waals surface area contributed by atoms with Gasteiger partial charge in [-0.2, -0.15) is 0 Å². The van der Waals surface area contributed by atoms with Gasteiger partial charge in [-0.3, -0.25) is 0 Å². The van der Waals surface area contributed by atoms with Gasteiger partial charge in [0.15, 0.2) is 0 Å². The number of aromatic carboxylic acids is 1. The minimum Gasteiger partial charge on any atom is -0.478 e. The summed E-state index contributed by atoms with van der Waals surface area (Å²) >= 11 is 0. The third-order valence-electron chi connectivity index (χ3n) is 3.47. The van der Waals surface area contributed by atoms with E-state index >= 15 is 0 Å². The van der Waals surface area contributed by atoms with Crippen LogP contribution in [0.3, 0.4) is 0 Å². The molecular weight excluding hydrogens is 292 g/mol. The Labute approximate surface area is 135 Å². The Morgan fingerprint density at radius 1 is 1.09 bits per heavy atom. The van der Waals surface area contributed by atoms with E-state index in [1.54, 1.807) is 38.1 Å². The number of benzene rings is 2. The molecule has 0 fully saturated rings. The smallest absolute Gasteiger partial charge is 0.335 e. The molecule has 0 radical (unpaired) electrons. The van der Waals surface area contributed by atoms with E-state index in [1.165, 1.54) is 0 Å². The highest BCUT2D eigenvalue weighted by molar-refractivity contribution is 5.88. The van der Waals surface area contributed by atoms with Crippen molar-refractivity contribution in [2.75, 3.05) is 0 Å². The molecule has 0 spiro atoms. The number of carbonyl (C=O) groups is 2. The zero-order valence-corrected chi connectivity index (χ0v) is 13.1. The second kappa shape index (κ2) is 6.92. The SMILES string of the molecule is C=C(C)C(=O)OC(C)c1ccccc1-c1ccc(C(=O)O)cc1. The van der Waals surface area contributed by atoms with Gasteiger partial charge in [0, 0.05) is 5.57 Å². The number of carboxylic acids is 1. The van der Waals surface area contributed by atoms with Crippen LogP contribution < -0.4 is 0 Å². The van der Waals surface area contributed by atoms with Crippen molar-refractivity contribution in [2.24, 2.45) is 0 Å². The Bertz CT molecular complexity index is 744. The molecule has 0 aliphatic rings. The second-order valence-corrected chi connectivity index (χ2v) is 5.30. The van der Waals surface area contributed by atoms with Gasteiger partial charge in [-0.1, -0.05) is 43.0 Å². The van der Waals surface area contributed by atoms with E-state index in [9.17, 15) is 9.59 Å². The van der Waals surface area contributed by atoms with E-state index in [4.69, 9.17) is 9.84 Å². The highest BCUT2D eigenvalue weighted by Crippen LogP contribution is 2.30. The molecule has 0 amide bonds. The van der Waals surface area contributed by atoms with Crippen molar-refractivity contribution < 1.29 is 19.4 Å². The van der Waals surface area contributed by atoms with Gasteiger partial charge < -0.3 is 9.84 Å². The minimum atomic E-state index is -0.964. The fraction of sp³-hybridized carbons (Fsp3) is 0.158. The number of carbonyl (C=O) groups excluding carboxylic acids is 1. The Morgan fingerprint density at radius 2 is 1.70 bits per heavy atom. The molecule has 2 aromatic rings. The summed E-state index contributed by atoms with van der Waals surface area (Å²) in [6.45, 7) is 6.98. The number of hydrogen-bond acceptors (Lipinski definition) is 3. The van der Waals surface area contributed by atoms with Crippen molar-refractivity contribution in [3.63, 3.8) is 0 Å². The lowest BCUT2D eigenvalue weighted by Crippen LogP contribution is -2.10. The van der Waals surface area contributed by atoms with Crippen LogP contribution >= 0.6 is 0 Å². The molecule has 1 atom stereocenters. The van der Waals surface area contributed by atoms with Gasteiger partial charge in [0.25, 0.3) is 0 Å². The molecule has 4 heteroatoms. The van der Waals surface area contributed by atoms with E-state index in [0.29, 0.717) is 5.57 Å². The number of hydrogen-bond donors (Lipinski definition) is 1. The predicted octanol–water partition coefficient (Wildman–Crippen LogP) is 4.23. The molecule has 0 aliphatic carbocycles. The largest absolute Gasteiger partial charge is 0.478 e. The summed E-state index contributed by atoms with van der Waals surface area (Å²) < 4.78 is 5.39. The molecule has 0 heterocycles. The summed E-state index contributed by atoms with van der Waals surface area (Å²) in [6.07, 6.45) is -0.436. The molecule has 0 bridgehead atoms. The van der Waals surface area contributed by atoms with Crippen LogP contribution in [0.5, 0.6) is 0 Å². The van der Waals surface area contributed by atoms with E-state index in [1.807, 2.05) is 24.3 Å². The summed E-state index contributed by atoms with van der Waals surface area (Å²) in [5, 5.41) is 8.97. The van der Waals surface area contributed by atoms with Crippen molar-refractivity contribution in [3.05, 3.63) is 71.8 Å². The highest BCUT2D eigenvalue weighted by Gasteiger charge is 2.16. The van der Waals surface area contributed by atoms with E-state index in [-0.39, 0.29) is 5.56 Å². The van der Waals surface area contributed by atoms with Gasteiger partial charge in [-0.05, 0) is 42.7 Å². The lowest BCUT2D eigenvalue weighted by atomic mass is 9.96. The van der Waals surface area contributed by atoms with Crippen molar-refractivity contribution in [1.29, 1.82) is 0 Å². The van der Waals surface area contributed by atoms with Crippen LogP contribution in [0.1, 0.15) is 35.9 Å². The zero-order valence-electron chi connectivity index (χ0n) is 13.1. The van der Waals surface area contributed by atoms with Gasteiger partial charge in [0.1, 0.15) is 6.10 Å². The van der Waals surface area contributed by atoms with Crippen molar-refractivity contribution in [3.8, 4) is 11.1 Å². The average molecular weight is 310 g/mol. The minimum absolute atomic E-state index is 0.230. The highest BCUT2D eigenvalue weighted by atomic mass is 16.5. The topological polar surface area (TPSA) is 63.6 Å². The van der Waals surface area contributed by atoms with Crippen LogP contribution in [0.15, 0.2) is 60.7 Å². The molecule has 0 saturated heterocycles. The van der Waals surface area contributed by atoms with Gasteiger partial charge in [0.05, 0.1) is 5.56 Å². The second-order valence-electron chi connectivity index (χ2n) is 5.30. The molecule has 0 saturated carbocycles. The Balaban J connectivity index is 2.35. The standard InChI is InChI=1S/C19H18O4/c1-12(2)19(22)23-13(3)16-6-4-5-7-17(16)14-8-10-15(11-9-14)18(20)21/h4-11,13H,1H2,2-3H3,(H,20,21). The van der Waals surface area contributed by atoms with Gasteiger partial charge in [-0.15, -0.1) is 0 Å². The van der Waals surface area contributed by atoms with E-state index in [2.05, 4.69) is 6.58 Å². The first kappa shape index (κ1) is 16.5. The summed E-state index contributed by atoms with van der Waals surface area (Å²) in [5.74, 6) is -1.40. The molecule has 4 nitrogen and oxygen atoms in total. The van der Waals surface area contributed by atoms with Crippen LogP contribution in [0.2, 0.25) is 0 Å². The van der Waals surface area contributed by atoms with Crippen LogP contribution in [0.4, 0.5) is 0 Å². The summed E-state index contributed by atoms with van der Waals surface area (Å²) in [4.78, 5) is 22.7. The number of esters is 1. The third kappa shape index (κ3) is 3.86. The van der Waals surface area contributed by atoms with E-state index < -0.39 is 18.0 Å². The molecule has 1 N–H and O–H groups in total. The summed E-state index contributed by atoms with van der Waals surface area (Å²) in [7, 11) is 0. The van der Waals surface area contributed by atoms with Crippen molar-refractivity contribution in [2.45, 2.75) is 20.0 Å². The maximum absolute atomic E-state index is 11.7. The monoisotopic (exact) mass is 310 g/mol. The Hall–Kier alpha value is -2.88. The Kier molecular flexibility index (Phi) is 4.96. The normalized spacial score (nSPS) is 11.6. The van der Waals surface area contributed by atoms with Gasteiger partial charge in [0.2, 0.25) is 0 Å². The van der Waals surface area contributed by atoms with Crippen LogP contribution in [-0.4, -0.2) is 17.0 Å². The molecular formula is C19H18O4. The molecule has 0 aromatic heterocycles. The summed E-state index contributed by atoms with van der Waals surface area (Å²) in [6, 6.07) is 14.2. The first-order chi connectivity index (χ1) is 10.9. The maximum atomic E-state index is 11.7. The molecule has 2 aromatic carbocycles. The third-order valence-corrected chi connectivity index (χ3v) is 3.47. The molecule has 0 aliphatic heterocycles. The van der Waals surface area contributed by atoms with Crippen molar-refractivity contribution >= 4 is 11.9 Å². The average Bonchev–Trinajstić information content (AvgIpc) is 2.54. The lowest BCUT2D eigenvalue weighted by molar-refractivity contribution is -0.143. The molecule has 118 valence electrons. The van der Waals surface area contributed by atoms with E-state index in [0.717, 1.165) is 16.7 Å². The summed E-state index contributed by atoms with van der Waals surface area (Å²) in [5.41, 5.74) is 3.19. The maximum Gasteiger partial charge on any atom is 0.335 e. The number of ether oxygens (including phenoxy) is 1.